The molecule has 52 valence electrons. The van der Waals surface area contributed by atoms with Crippen LogP contribution in [-0.2, 0) is 0 Å². The smallest absolute Gasteiger partial charge is 0.545 e. The number of carbonyl (C=O) groups is 1. The van der Waals surface area contributed by atoms with E-state index >= 15 is 0 Å². The van der Waals surface area contributed by atoms with Gasteiger partial charge in [-0.2, -0.15) is 0 Å². The SMILES string of the molecule is O=C([O-])c1ccc(Br)cc1.[K+]. The first-order chi connectivity index (χ1) is 4.70. The summed E-state index contributed by atoms with van der Waals surface area (Å²) >= 11 is 3.18. The van der Waals surface area contributed by atoms with E-state index < -0.39 is 5.97 Å². The second kappa shape index (κ2) is 5.45. The van der Waals surface area contributed by atoms with Crippen molar-refractivity contribution in [3.8, 4) is 0 Å². The summed E-state index contributed by atoms with van der Waals surface area (Å²) < 4.78 is 0.859. The van der Waals surface area contributed by atoms with Crippen LogP contribution in [0, 0.1) is 0 Å². The van der Waals surface area contributed by atoms with Crippen LogP contribution in [0.25, 0.3) is 0 Å². The van der Waals surface area contributed by atoms with Crippen LogP contribution in [0.15, 0.2) is 28.7 Å². The van der Waals surface area contributed by atoms with Gasteiger partial charge in [0.05, 0.1) is 5.97 Å². The molecule has 0 aliphatic heterocycles. The largest absolute Gasteiger partial charge is 1.00 e. The van der Waals surface area contributed by atoms with Crippen LogP contribution < -0.4 is 56.5 Å². The van der Waals surface area contributed by atoms with Crippen LogP contribution >= 0.6 is 15.9 Å². The number of carboxylic acids is 1. The molecule has 4 heteroatoms. The predicted molar refractivity (Wildman–Crippen MR) is 38.5 cm³/mol. The third-order valence-corrected chi connectivity index (χ3v) is 1.61. The van der Waals surface area contributed by atoms with Gasteiger partial charge in [-0.3, -0.25) is 0 Å². The molecule has 0 heterocycles. The molecule has 0 aliphatic carbocycles. The maximum absolute atomic E-state index is 10.2. The number of hydrogen-bond donors (Lipinski definition) is 0. The van der Waals surface area contributed by atoms with Gasteiger partial charge < -0.3 is 9.90 Å². The van der Waals surface area contributed by atoms with Crippen LogP contribution in [-0.4, -0.2) is 5.97 Å². The van der Waals surface area contributed by atoms with Gasteiger partial charge in [0.1, 0.15) is 0 Å². The van der Waals surface area contributed by atoms with Crippen LogP contribution in [0.3, 0.4) is 0 Å². The summed E-state index contributed by atoms with van der Waals surface area (Å²) in [5, 5.41) is 10.2. The summed E-state index contributed by atoms with van der Waals surface area (Å²) in [6, 6.07) is 6.29. The first-order valence-corrected chi connectivity index (χ1v) is 3.46. The van der Waals surface area contributed by atoms with E-state index in [1.807, 2.05) is 0 Å². The zero-order valence-corrected chi connectivity index (χ0v) is 10.7. The van der Waals surface area contributed by atoms with Gasteiger partial charge in [-0.25, -0.2) is 0 Å². The molecule has 0 bridgehead atoms. The van der Waals surface area contributed by atoms with Gasteiger partial charge in [0, 0.05) is 4.47 Å². The maximum atomic E-state index is 10.2. The average molecular weight is 239 g/mol. The molecular formula is C7H4BrKO2. The number of benzene rings is 1. The van der Waals surface area contributed by atoms with Gasteiger partial charge in [-0.05, 0) is 17.7 Å². The van der Waals surface area contributed by atoms with Gasteiger partial charge in [-0.1, -0.05) is 28.1 Å². The van der Waals surface area contributed by atoms with Crippen molar-refractivity contribution in [2.75, 3.05) is 0 Å². The van der Waals surface area contributed by atoms with E-state index in [4.69, 9.17) is 0 Å². The van der Waals surface area contributed by atoms with E-state index in [1.54, 1.807) is 12.1 Å². The molecule has 0 aromatic heterocycles. The van der Waals surface area contributed by atoms with Crippen molar-refractivity contribution >= 4 is 21.9 Å². The Bertz CT molecular complexity index is 245. The van der Waals surface area contributed by atoms with Gasteiger partial charge >= 0.3 is 51.4 Å². The maximum Gasteiger partial charge on any atom is 1.00 e. The number of carboxylic acid groups (broad SMARTS) is 1. The number of aromatic carboxylic acids is 1. The normalized spacial score (nSPS) is 8.45. The molecule has 0 spiro atoms. The number of carbonyl (C=O) groups excluding carboxylic acids is 1. The Kier molecular flexibility index (Phi) is 5.85. The average Bonchev–Trinajstić information content (AvgIpc) is 1.88. The zero-order valence-electron chi connectivity index (χ0n) is 6.00. The number of hydrogen-bond acceptors (Lipinski definition) is 2. The predicted octanol–water partition coefficient (Wildman–Crippen LogP) is -2.18. The molecule has 0 unspecified atom stereocenters. The van der Waals surface area contributed by atoms with E-state index in [0.29, 0.717) is 0 Å². The van der Waals surface area contributed by atoms with Crippen LogP contribution in [0.2, 0.25) is 0 Å². The van der Waals surface area contributed by atoms with Gasteiger partial charge in [0.25, 0.3) is 0 Å². The van der Waals surface area contributed by atoms with Gasteiger partial charge in [-0.15, -0.1) is 0 Å². The second-order valence-corrected chi connectivity index (χ2v) is 2.71. The second-order valence-electron chi connectivity index (χ2n) is 1.79. The molecule has 1 rings (SSSR count). The van der Waals surface area contributed by atoms with Crippen LogP contribution in [0.4, 0.5) is 0 Å². The molecule has 2 nitrogen and oxygen atoms in total. The van der Waals surface area contributed by atoms with Crippen molar-refractivity contribution in [1.29, 1.82) is 0 Å². The zero-order chi connectivity index (χ0) is 7.56. The fraction of sp³-hybridized carbons (Fsp3) is 0. The topological polar surface area (TPSA) is 40.1 Å². The van der Waals surface area contributed by atoms with Crippen molar-refractivity contribution < 1.29 is 61.3 Å². The van der Waals surface area contributed by atoms with E-state index in [-0.39, 0.29) is 56.9 Å². The van der Waals surface area contributed by atoms with Crippen molar-refractivity contribution in [1.82, 2.24) is 0 Å². The fourth-order valence-electron chi connectivity index (χ4n) is 0.586. The third-order valence-electron chi connectivity index (χ3n) is 1.08. The summed E-state index contributed by atoms with van der Waals surface area (Å²) in [6.07, 6.45) is 0. The van der Waals surface area contributed by atoms with E-state index in [9.17, 15) is 9.90 Å². The van der Waals surface area contributed by atoms with Crippen molar-refractivity contribution in [3.63, 3.8) is 0 Å². The number of halogens is 1. The molecule has 0 saturated carbocycles. The molecule has 0 fully saturated rings. The summed E-state index contributed by atoms with van der Waals surface area (Å²) in [5.74, 6) is -1.15. The monoisotopic (exact) mass is 238 g/mol. The van der Waals surface area contributed by atoms with Crippen LogP contribution in [0.5, 0.6) is 0 Å². The van der Waals surface area contributed by atoms with Crippen molar-refractivity contribution in [2.45, 2.75) is 0 Å². The standard InChI is InChI=1S/C7H5BrO2.K/c8-6-3-1-5(2-4-6)7(9)10;/h1-4H,(H,9,10);/q;+1/p-1. The molecule has 0 radical (unpaired) electrons. The summed E-state index contributed by atoms with van der Waals surface area (Å²) in [7, 11) is 0. The van der Waals surface area contributed by atoms with E-state index in [2.05, 4.69) is 15.9 Å². The summed E-state index contributed by atoms with van der Waals surface area (Å²) in [4.78, 5) is 10.2. The minimum atomic E-state index is -1.15. The molecule has 0 amide bonds. The molecule has 0 aliphatic rings. The molecule has 1 aromatic carbocycles. The van der Waals surface area contributed by atoms with Gasteiger partial charge in [0.15, 0.2) is 0 Å². The Hall–Kier alpha value is 0.806. The Morgan fingerprint density at radius 2 is 1.73 bits per heavy atom. The summed E-state index contributed by atoms with van der Waals surface area (Å²) in [6.45, 7) is 0. The minimum absolute atomic E-state index is 0. The van der Waals surface area contributed by atoms with Crippen molar-refractivity contribution in [3.05, 3.63) is 34.3 Å². The first-order valence-electron chi connectivity index (χ1n) is 2.67. The molecular weight excluding hydrogens is 235 g/mol. The molecule has 0 saturated heterocycles. The van der Waals surface area contributed by atoms with E-state index in [1.165, 1.54) is 12.1 Å². The fourth-order valence-corrected chi connectivity index (χ4v) is 0.850. The van der Waals surface area contributed by atoms with E-state index in [0.717, 1.165) is 4.47 Å². The summed E-state index contributed by atoms with van der Waals surface area (Å²) in [5.41, 5.74) is 0.197. The Morgan fingerprint density at radius 1 is 1.27 bits per heavy atom. The Morgan fingerprint density at radius 3 is 2.09 bits per heavy atom. The molecule has 0 N–H and O–H groups in total. The first kappa shape index (κ1) is 11.8. The molecule has 1 aromatic rings. The Labute approximate surface area is 116 Å². The van der Waals surface area contributed by atoms with Crippen molar-refractivity contribution in [2.24, 2.45) is 0 Å². The number of rotatable bonds is 1. The quantitative estimate of drug-likeness (QED) is 0.523. The Balaban J connectivity index is 0.000001000. The molecule has 0 atom stereocenters. The van der Waals surface area contributed by atoms with Gasteiger partial charge in [0.2, 0.25) is 0 Å². The molecule has 11 heavy (non-hydrogen) atoms. The third kappa shape index (κ3) is 3.82. The minimum Gasteiger partial charge on any atom is -0.545 e. The van der Waals surface area contributed by atoms with Crippen LogP contribution in [0.1, 0.15) is 10.4 Å².